The van der Waals surface area contributed by atoms with Crippen molar-refractivity contribution < 1.29 is 19.1 Å². The first-order chi connectivity index (χ1) is 12.6. The third-order valence-corrected chi connectivity index (χ3v) is 4.20. The van der Waals surface area contributed by atoms with Crippen LogP contribution in [0.2, 0.25) is 0 Å². The van der Waals surface area contributed by atoms with Gasteiger partial charge in [0, 0.05) is 11.0 Å². The lowest BCUT2D eigenvalue weighted by Gasteiger charge is -2.06. The van der Waals surface area contributed by atoms with Crippen LogP contribution in [0.25, 0.3) is 6.08 Å². The molecule has 0 spiro atoms. The first kappa shape index (κ1) is 19.7. The number of carbonyl (C=O) groups excluding carboxylic acids is 2. The number of rotatable bonds is 7. The Labute approximate surface area is 161 Å². The van der Waals surface area contributed by atoms with Crippen LogP contribution in [0.4, 0.5) is 4.79 Å². The van der Waals surface area contributed by atoms with Crippen molar-refractivity contribution in [1.29, 1.82) is 0 Å². The van der Waals surface area contributed by atoms with Crippen molar-refractivity contribution in [2.45, 2.75) is 13.0 Å². The summed E-state index contributed by atoms with van der Waals surface area (Å²) in [6, 6.07) is 14.8. The Balaban J connectivity index is 1.72. The van der Waals surface area contributed by atoms with Gasteiger partial charge in [-0.3, -0.25) is 0 Å². The van der Waals surface area contributed by atoms with Gasteiger partial charge in [0.1, 0.15) is 6.61 Å². The number of amides is 1. The second-order valence-corrected chi connectivity index (χ2v) is 6.26. The zero-order chi connectivity index (χ0) is 18.8. The summed E-state index contributed by atoms with van der Waals surface area (Å²) in [5.74, 6) is -0.376. The van der Waals surface area contributed by atoms with Crippen molar-refractivity contribution in [3.8, 4) is 0 Å². The molecule has 0 saturated carbocycles. The molecule has 6 heteroatoms. The minimum atomic E-state index is -0.439. The third kappa shape index (κ3) is 6.37. The Morgan fingerprint density at radius 3 is 2.62 bits per heavy atom. The molecule has 26 heavy (non-hydrogen) atoms. The summed E-state index contributed by atoms with van der Waals surface area (Å²) in [5, 5.41) is 2.70. The van der Waals surface area contributed by atoms with Crippen molar-refractivity contribution >= 4 is 34.1 Å². The summed E-state index contributed by atoms with van der Waals surface area (Å²) >= 11 is 3.43. The molecule has 5 nitrogen and oxygen atoms in total. The van der Waals surface area contributed by atoms with E-state index in [0.717, 1.165) is 15.6 Å². The van der Waals surface area contributed by atoms with E-state index in [4.69, 9.17) is 4.74 Å². The van der Waals surface area contributed by atoms with E-state index in [1.165, 1.54) is 7.11 Å². The third-order valence-electron chi connectivity index (χ3n) is 3.51. The van der Waals surface area contributed by atoms with Crippen LogP contribution in [0.15, 0.2) is 59.1 Å². The summed E-state index contributed by atoms with van der Waals surface area (Å²) in [6.07, 6.45) is 4.08. The highest BCUT2D eigenvalue weighted by molar-refractivity contribution is 9.10. The number of hydrogen-bond donors (Lipinski definition) is 1. The Hall–Kier alpha value is -2.60. The Morgan fingerprint density at radius 2 is 1.92 bits per heavy atom. The maximum Gasteiger partial charge on any atom is 0.407 e. The lowest BCUT2D eigenvalue weighted by molar-refractivity contribution is 0.0600. The molecule has 0 aromatic heterocycles. The summed E-state index contributed by atoms with van der Waals surface area (Å²) in [7, 11) is 1.35. The molecule has 0 heterocycles. The summed E-state index contributed by atoms with van der Waals surface area (Å²) in [5.41, 5.74) is 2.37. The number of ether oxygens (including phenoxy) is 2. The molecule has 0 unspecified atom stereocenters. The van der Waals surface area contributed by atoms with E-state index in [2.05, 4.69) is 26.0 Å². The van der Waals surface area contributed by atoms with Crippen molar-refractivity contribution in [3.63, 3.8) is 0 Å². The first-order valence-corrected chi connectivity index (χ1v) is 8.88. The van der Waals surface area contributed by atoms with Gasteiger partial charge in [0.15, 0.2) is 0 Å². The van der Waals surface area contributed by atoms with Crippen LogP contribution >= 0.6 is 15.9 Å². The fraction of sp³-hybridized carbons (Fsp3) is 0.200. The Morgan fingerprint density at radius 1 is 1.15 bits per heavy atom. The predicted octanol–water partition coefficient (Wildman–Crippen LogP) is 4.57. The van der Waals surface area contributed by atoms with E-state index in [-0.39, 0.29) is 12.6 Å². The second kappa shape index (κ2) is 10.4. The molecule has 1 N–H and O–H groups in total. The number of carbonyl (C=O) groups is 2. The van der Waals surface area contributed by atoms with E-state index in [0.29, 0.717) is 18.5 Å². The standard InChI is InChI=1S/C20H20BrNO4/c1-25-19(23)17-11-10-16(18(21)13-17)9-5-6-12-22-20(24)26-14-15-7-3-2-4-8-15/h2-5,7-11,13H,6,12,14H2,1H3,(H,22,24). The second-order valence-electron chi connectivity index (χ2n) is 5.41. The molecule has 2 aromatic rings. The molecule has 0 radical (unpaired) electrons. The van der Waals surface area contributed by atoms with Gasteiger partial charge in [-0.05, 0) is 29.7 Å². The normalized spacial score (nSPS) is 10.5. The van der Waals surface area contributed by atoms with Crippen LogP contribution in [0.5, 0.6) is 0 Å². The average molecular weight is 418 g/mol. The van der Waals surface area contributed by atoms with Crippen LogP contribution in [-0.4, -0.2) is 25.7 Å². The molecular formula is C20H20BrNO4. The number of alkyl carbamates (subject to hydrolysis) is 1. The molecule has 0 aliphatic rings. The largest absolute Gasteiger partial charge is 0.465 e. The molecule has 136 valence electrons. The molecular weight excluding hydrogens is 398 g/mol. The zero-order valence-corrected chi connectivity index (χ0v) is 16.0. The number of nitrogens with one attached hydrogen (secondary N) is 1. The molecule has 2 rings (SSSR count). The lowest BCUT2D eigenvalue weighted by atomic mass is 10.1. The summed E-state index contributed by atoms with van der Waals surface area (Å²) in [6.45, 7) is 0.726. The van der Waals surface area contributed by atoms with Crippen molar-refractivity contribution in [2.75, 3.05) is 13.7 Å². The van der Waals surface area contributed by atoms with E-state index in [1.54, 1.807) is 12.1 Å². The zero-order valence-electron chi connectivity index (χ0n) is 14.4. The quantitative estimate of drug-likeness (QED) is 0.529. The smallest absolute Gasteiger partial charge is 0.407 e. The predicted molar refractivity (Wildman–Crippen MR) is 104 cm³/mol. The van der Waals surface area contributed by atoms with Gasteiger partial charge in [0.25, 0.3) is 0 Å². The van der Waals surface area contributed by atoms with Gasteiger partial charge in [-0.25, -0.2) is 9.59 Å². The highest BCUT2D eigenvalue weighted by Crippen LogP contribution is 2.20. The van der Waals surface area contributed by atoms with E-state index < -0.39 is 6.09 Å². The van der Waals surface area contributed by atoms with E-state index in [9.17, 15) is 9.59 Å². The number of methoxy groups -OCH3 is 1. The highest BCUT2D eigenvalue weighted by atomic mass is 79.9. The van der Waals surface area contributed by atoms with Crippen LogP contribution in [0.1, 0.15) is 27.9 Å². The summed E-state index contributed by atoms with van der Waals surface area (Å²) < 4.78 is 10.6. The molecule has 0 aliphatic carbocycles. The lowest BCUT2D eigenvalue weighted by Crippen LogP contribution is -2.24. The number of hydrogen-bond acceptors (Lipinski definition) is 4. The SMILES string of the molecule is COC(=O)c1ccc(C=CCCNC(=O)OCc2ccccc2)c(Br)c1. The van der Waals surface area contributed by atoms with Crippen molar-refractivity contribution in [1.82, 2.24) is 5.32 Å². The monoisotopic (exact) mass is 417 g/mol. The Kier molecular flexibility index (Phi) is 7.89. The Bertz CT molecular complexity index is 775. The van der Waals surface area contributed by atoms with E-state index in [1.807, 2.05) is 48.6 Å². The van der Waals surface area contributed by atoms with E-state index >= 15 is 0 Å². The molecule has 1 amide bonds. The number of halogens is 1. The minimum Gasteiger partial charge on any atom is -0.465 e. The molecule has 2 aromatic carbocycles. The van der Waals surface area contributed by atoms with Gasteiger partial charge in [-0.15, -0.1) is 0 Å². The van der Waals surface area contributed by atoms with Gasteiger partial charge < -0.3 is 14.8 Å². The van der Waals surface area contributed by atoms with Gasteiger partial charge in [0.05, 0.1) is 12.7 Å². The van der Waals surface area contributed by atoms with Gasteiger partial charge >= 0.3 is 12.1 Å². The fourth-order valence-corrected chi connectivity index (χ4v) is 2.66. The number of esters is 1. The van der Waals surface area contributed by atoms with Gasteiger partial charge in [0.2, 0.25) is 0 Å². The highest BCUT2D eigenvalue weighted by Gasteiger charge is 2.07. The fourth-order valence-electron chi connectivity index (χ4n) is 2.15. The maximum atomic E-state index is 11.6. The molecule has 0 fully saturated rings. The van der Waals surface area contributed by atoms with Crippen molar-refractivity contribution in [2.24, 2.45) is 0 Å². The molecule has 0 aliphatic heterocycles. The first-order valence-electron chi connectivity index (χ1n) is 8.09. The van der Waals surface area contributed by atoms with Crippen LogP contribution in [0, 0.1) is 0 Å². The summed E-state index contributed by atoms with van der Waals surface area (Å²) in [4.78, 5) is 23.1. The van der Waals surface area contributed by atoms with Crippen LogP contribution in [0.3, 0.4) is 0 Å². The van der Waals surface area contributed by atoms with Crippen LogP contribution in [-0.2, 0) is 16.1 Å². The number of benzene rings is 2. The molecule has 0 bridgehead atoms. The maximum absolute atomic E-state index is 11.6. The molecule has 0 atom stereocenters. The van der Waals surface area contributed by atoms with Crippen LogP contribution < -0.4 is 5.32 Å². The average Bonchev–Trinajstić information content (AvgIpc) is 2.67. The van der Waals surface area contributed by atoms with Gasteiger partial charge in [-0.2, -0.15) is 0 Å². The minimum absolute atomic E-state index is 0.252. The van der Waals surface area contributed by atoms with Gasteiger partial charge in [-0.1, -0.05) is 64.5 Å². The topological polar surface area (TPSA) is 64.6 Å². The van der Waals surface area contributed by atoms with Crippen molar-refractivity contribution in [3.05, 3.63) is 75.8 Å². The molecule has 0 saturated heterocycles.